The first-order chi connectivity index (χ1) is 6.65. The Bertz CT molecular complexity index is 407. The molecule has 0 aliphatic carbocycles. The van der Waals surface area contributed by atoms with Crippen molar-refractivity contribution in [3.8, 4) is 5.75 Å². The predicted molar refractivity (Wildman–Crippen MR) is 51.6 cm³/mol. The average Bonchev–Trinajstić information content (AvgIpc) is 2.54. The summed E-state index contributed by atoms with van der Waals surface area (Å²) in [7, 11) is 1.60. The van der Waals surface area contributed by atoms with Gasteiger partial charge >= 0.3 is 5.97 Å². The van der Waals surface area contributed by atoms with Crippen LogP contribution in [0.2, 0.25) is 0 Å². The highest BCUT2D eigenvalue weighted by Gasteiger charge is 2.27. The molecule has 2 rings (SSSR count). The lowest BCUT2D eigenvalue weighted by atomic mass is 9.98. The lowest BCUT2D eigenvalue weighted by Crippen LogP contribution is -2.00. The van der Waals surface area contributed by atoms with Crippen molar-refractivity contribution in [3.05, 3.63) is 28.3 Å². The van der Waals surface area contributed by atoms with Crippen molar-refractivity contribution in [1.29, 1.82) is 0 Å². The van der Waals surface area contributed by atoms with E-state index in [-0.39, 0.29) is 5.97 Å². The van der Waals surface area contributed by atoms with Crippen LogP contribution in [-0.4, -0.2) is 13.1 Å². The number of benzene rings is 1. The maximum atomic E-state index is 11.4. The fourth-order valence-electron chi connectivity index (χ4n) is 1.75. The van der Waals surface area contributed by atoms with Crippen LogP contribution < -0.4 is 4.74 Å². The summed E-state index contributed by atoms with van der Waals surface area (Å²) in [6.45, 7) is 4.22. The molecule has 1 aliphatic heterocycles. The van der Waals surface area contributed by atoms with Crippen molar-refractivity contribution < 1.29 is 14.3 Å². The number of methoxy groups -OCH3 is 1. The van der Waals surface area contributed by atoms with Crippen LogP contribution in [0.15, 0.2) is 6.07 Å². The first-order valence-electron chi connectivity index (χ1n) is 4.49. The number of rotatable bonds is 1. The Labute approximate surface area is 82.6 Å². The van der Waals surface area contributed by atoms with Crippen LogP contribution in [0.25, 0.3) is 0 Å². The van der Waals surface area contributed by atoms with E-state index in [9.17, 15) is 4.79 Å². The highest BCUT2D eigenvalue weighted by Crippen LogP contribution is 2.33. The van der Waals surface area contributed by atoms with Gasteiger partial charge in [-0.2, -0.15) is 0 Å². The second-order valence-corrected chi connectivity index (χ2v) is 3.45. The first-order valence-corrected chi connectivity index (χ1v) is 4.49. The van der Waals surface area contributed by atoms with Gasteiger partial charge in [0.2, 0.25) is 0 Å². The molecule has 1 aromatic rings. The summed E-state index contributed by atoms with van der Waals surface area (Å²) in [4.78, 5) is 11.4. The molecular formula is C11H12O3. The summed E-state index contributed by atoms with van der Waals surface area (Å²) in [5, 5.41) is 0. The summed E-state index contributed by atoms with van der Waals surface area (Å²) in [5.41, 5.74) is 3.60. The molecule has 74 valence electrons. The van der Waals surface area contributed by atoms with Gasteiger partial charge in [-0.05, 0) is 31.0 Å². The van der Waals surface area contributed by atoms with Crippen molar-refractivity contribution in [2.45, 2.75) is 20.5 Å². The lowest BCUT2D eigenvalue weighted by molar-refractivity contribution is 0.0533. The van der Waals surface area contributed by atoms with Crippen molar-refractivity contribution >= 4 is 5.97 Å². The molecular weight excluding hydrogens is 180 g/mol. The molecule has 0 saturated carbocycles. The van der Waals surface area contributed by atoms with Gasteiger partial charge in [-0.1, -0.05) is 0 Å². The SMILES string of the molecule is COc1cc(C)c(C)c2c1COC2=O. The highest BCUT2D eigenvalue weighted by molar-refractivity contribution is 5.96. The molecule has 1 heterocycles. The van der Waals surface area contributed by atoms with E-state index in [0.29, 0.717) is 12.2 Å². The van der Waals surface area contributed by atoms with Gasteiger partial charge < -0.3 is 9.47 Å². The number of hydrogen-bond acceptors (Lipinski definition) is 3. The third kappa shape index (κ3) is 1.09. The van der Waals surface area contributed by atoms with Crippen LogP contribution >= 0.6 is 0 Å². The van der Waals surface area contributed by atoms with E-state index in [0.717, 1.165) is 22.4 Å². The fraction of sp³-hybridized carbons (Fsp3) is 0.364. The number of aryl methyl sites for hydroxylation is 1. The smallest absolute Gasteiger partial charge is 0.339 e. The maximum Gasteiger partial charge on any atom is 0.339 e. The van der Waals surface area contributed by atoms with Crippen LogP contribution in [0.4, 0.5) is 0 Å². The molecule has 0 atom stereocenters. The molecule has 0 fully saturated rings. The van der Waals surface area contributed by atoms with Crippen molar-refractivity contribution in [1.82, 2.24) is 0 Å². The van der Waals surface area contributed by atoms with Gasteiger partial charge in [0.15, 0.2) is 0 Å². The van der Waals surface area contributed by atoms with Gasteiger partial charge in [0.05, 0.1) is 12.7 Å². The Morgan fingerprint density at radius 3 is 2.79 bits per heavy atom. The lowest BCUT2D eigenvalue weighted by Gasteiger charge is -2.09. The number of carbonyl (C=O) groups excluding carboxylic acids is 1. The minimum absolute atomic E-state index is 0.237. The Morgan fingerprint density at radius 1 is 1.43 bits per heavy atom. The molecule has 0 amide bonds. The van der Waals surface area contributed by atoms with Crippen molar-refractivity contribution in [2.24, 2.45) is 0 Å². The minimum atomic E-state index is -0.237. The van der Waals surface area contributed by atoms with E-state index in [1.54, 1.807) is 7.11 Å². The van der Waals surface area contributed by atoms with Gasteiger partial charge in [0, 0.05) is 5.56 Å². The van der Waals surface area contributed by atoms with Crippen LogP contribution in [0.5, 0.6) is 5.75 Å². The summed E-state index contributed by atoms with van der Waals surface area (Å²) in [5.74, 6) is 0.508. The number of ether oxygens (including phenoxy) is 2. The number of fused-ring (bicyclic) bond motifs is 1. The van der Waals surface area contributed by atoms with Gasteiger partial charge in [-0.15, -0.1) is 0 Å². The Kier molecular flexibility index (Phi) is 1.95. The van der Waals surface area contributed by atoms with E-state index >= 15 is 0 Å². The average molecular weight is 192 g/mol. The summed E-state index contributed by atoms with van der Waals surface area (Å²) >= 11 is 0. The molecule has 3 heteroatoms. The Balaban J connectivity index is 2.72. The van der Waals surface area contributed by atoms with E-state index < -0.39 is 0 Å². The largest absolute Gasteiger partial charge is 0.496 e. The third-order valence-electron chi connectivity index (χ3n) is 2.68. The van der Waals surface area contributed by atoms with Gasteiger partial charge in [0.25, 0.3) is 0 Å². The molecule has 0 bridgehead atoms. The van der Waals surface area contributed by atoms with Crippen LogP contribution in [0.3, 0.4) is 0 Å². The fourth-order valence-corrected chi connectivity index (χ4v) is 1.75. The molecule has 0 spiro atoms. The molecule has 0 N–H and O–H groups in total. The Morgan fingerprint density at radius 2 is 2.14 bits per heavy atom. The third-order valence-corrected chi connectivity index (χ3v) is 2.68. The molecule has 3 nitrogen and oxygen atoms in total. The maximum absolute atomic E-state index is 11.4. The van der Waals surface area contributed by atoms with Gasteiger partial charge in [0.1, 0.15) is 12.4 Å². The van der Waals surface area contributed by atoms with E-state index in [4.69, 9.17) is 9.47 Å². The standard InChI is InChI=1S/C11H12O3/c1-6-4-9(13-3)8-5-14-11(12)10(8)7(6)2/h4H,5H2,1-3H3. The highest BCUT2D eigenvalue weighted by atomic mass is 16.5. The summed E-state index contributed by atoms with van der Waals surface area (Å²) in [6, 6.07) is 1.94. The van der Waals surface area contributed by atoms with Crippen LogP contribution in [-0.2, 0) is 11.3 Å². The number of cyclic esters (lactones) is 1. The predicted octanol–water partition coefficient (Wildman–Crippen LogP) is 1.98. The van der Waals surface area contributed by atoms with Crippen LogP contribution in [0.1, 0.15) is 27.0 Å². The van der Waals surface area contributed by atoms with Gasteiger partial charge in [-0.25, -0.2) is 4.79 Å². The molecule has 14 heavy (non-hydrogen) atoms. The van der Waals surface area contributed by atoms with E-state index in [1.807, 2.05) is 19.9 Å². The minimum Gasteiger partial charge on any atom is -0.496 e. The first kappa shape index (κ1) is 9.06. The molecule has 1 aromatic carbocycles. The van der Waals surface area contributed by atoms with E-state index in [2.05, 4.69) is 0 Å². The second kappa shape index (κ2) is 3.01. The number of esters is 1. The molecule has 0 radical (unpaired) electrons. The van der Waals surface area contributed by atoms with Crippen LogP contribution in [0, 0.1) is 13.8 Å². The Hall–Kier alpha value is -1.51. The molecule has 1 aliphatic rings. The van der Waals surface area contributed by atoms with Gasteiger partial charge in [-0.3, -0.25) is 0 Å². The number of hydrogen-bond donors (Lipinski definition) is 0. The van der Waals surface area contributed by atoms with Crippen molar-refractivity contribution in [3.63, 3.8) is 0 Å². The monoisotopic (exact) mass is 192 g/mol. The second-order valence-electron chi connectivity index (χ2n) is 3.45. The quantitative estimate of drug-likeness (QED) is 0.638. The zero-order valence-corrected chi connectivity index (χ0v) is 8.51. The summed E-state index contributed by atoms with van der Waals surface area (Å²) < 4.78 is 10.2. The number of carbonyl (C=O) groups is 1. The molecule has 0 aromatic heterocycles. The zero-order chi connectivity index (χ0) is 10.3. The zero-order valence-electron chi connectivity index (χ0n) is 8.51. The molecule has 0 unspecified atom stereocenters. The van der Waals surface area contributed by atoms with E-state index in [1.165, 1.54) is 0 Å². The summed E-state index contributed by atoms with van der Waals surface area (Å²) in [6.07, 6.45) is 0. The molecule has 0 saturated heterocycles. The van der Waals surface area contributed by atoms with Crippen molar-refractivity contribution in [2.75, 3.05) is 7.11 Å². The normalized spacial score (nSPS) is 13.8. The topological polar surface area (TPSA) is 35.5 Å².